The van der Waals surface area contributed by atoms with Gasteiger partial charge in [-0.15, -0.1) is 0 Å². The van der Waals surface area contributed by atoms with Gasteiger partial charge in [-0.3, -0.25) is 0 Å². The molecule has 3 aliphatic heterocycles. The third-order valence-electron chi connectivity index (χ3n) is 8.34. The molecule has 5 aliphatic rings. The second kappa shape index (κ2) is 9.45. The molecular formula is C29H35NO6. The van der Waals surface area contributed by atoms with Gasteiger partial charge in [-0.2, -0.15) is 0 Å². The number of fused-ring (bicyclic) bond motifs is 6. The first-order chi connectivity index (χ1) is 17.5. The van der Waals surface area contributed by atoms with E-state index in [0.717, 1.165) is 36.8 Å². The molecule has 3 saturated heterocycles. The van der Waals surface area contributed by atoms with Gasteiger partial charge in [-0.1, -0.05) is 74.7 Å². The van der Waals surface area contributed by atoms with Gasteiger partial charge in [0.1, 0.15) is 12.6 Å². The molecule has 7 nitrogen and oxygen atoms in total. The van der Waals surface area contributed by atoms with Crippen LogP contribution in [0.3, 0.4) is 0 Å². The fourth-order valence-corrected chi connectivity index (χ4v) is 6.24. The van der Waals surface area contributed by atoms with Gasteiger partial charge in [0.05, 0.1) is 25.9 Å². The molecule has 0 spiro atoms. The summed E-state index contributed by atoms with van der Waals surface area (Å²) in [5.74, 6) is -1.50. The smallest absolute Gasteiger partial charge is 0.407 e. The SMILES string of the molecule is CC12COC([C@@H](NC(=O)OCC3c4ccccc4-c4ccccc43)[C@H](O)C3CCCCC3)(OC1)OC2. The Kier molecular flexibility index (Phi) is 6.28. The lowest BCUT2D eigenvalue weighted by Gasteiger charge is -2.54. The van der Waals surface area contributed by atoms with Crippen molar-refractivity contribution in [2.45, 2.75) is 63.1 Å². The zero-order valence-corrected chi connectivity index (χ0v) is 20.8. The van der Waals surface area contributed by atoms with Crippen molar-refractivity contribution in [1.82, 2.24) is 5.32 Å². The number of rotatable bonds is 6. The topological polar surface area (TPSA) is 86.3 Å². The zero-order chi connectivity index (χ0) is 24.8. The quantitative estimate of drug-likeness (QED) is 0.613. The number of carbonyl (C=O) groups is 1. The van der Waals surface area contributed by atoms with Crippen LogP contribution >= 0.6 is 0 Å². The van der Waals surface area contributed by atoms with Gasteiger partial charge in [-0.25, -0.2) is 4.79 Å². The van der Waals surface area contributed by atoms with Crippen LogP contribution in [0.1, 0.15) is 56.1 Å². The van der Waals surface area contributed by atoms with Crippen molar-refractivity contribution in [1.29, 1.82) is 0 Å². The summed E-state index contributed by atoms with van der Waals surface area (Å²) < 4.78 is 23.9. The van der Waals surface area contributed by atoms with Gasteiger partial charge >= 0.3 is 12.1 Å². The largest absolute Gasteiger partial charge is 0.449 e. The number of alkyl carbamates (subject to hydrolysis) is 1. The van der Waals surface area contributed by atoms with E-state index in [0.29, 0.717) is 19.8 Å². The Balaban J connectivity index is 1.19. The number of ether oxygens (including phenoxy) is 4. The van der Waals surface area contributed by atoms with E-state index in [1.807, 2.05) is 31.2 Å². The van der Waals surface area contributed by atoms with E-state index in [1.165, 1.54) is 17.5 Å². The number of hydrogen-bond acceptors (Lipinski definition) is 6. The highest BCUT2D eigenvalue weighted by atomic mass is 16.9. The predicted octanol–water partition coefficient (Wildman–Crippen LogP) is 4.57. The van der Waals surface area contributed by atoms with Crippen LogP contribution in [0, 0.1) is 11.3 Å². The molecule has 192 valence electrons. The minimum Gasteiger partial charge on any atom is -0.449 e. The number of benzene rings is 2. The van der Waals surface area contributed by atoms with E-state index in [4.69, 9.17) is 18.9 Å². The normalized spacial score (nSPS) is 29.3. The van der Waals surface area contributed by atoms with Crippen molar-refractivity contribution in [3.05, 3.63) is 59.7 Å². The van der Waals surface area contributed by atoms with Crippen LogP contribution in [0.2, 0.25) is 0 Å². The van der Waals surface area contributed by atoms with E-state index in [1.54, 1.807) is 0 Å². The highest BCUT2D eigenvalue weighted by Gasteiger charge is 2.58. The molecule has 0 aromatic heterocycles. The summed E-state index contributed by atoms with van der Waals surface area (Å²) in [6, 6.07) is 15.6. The molecule has 4 fully saturated rings. The van der Waals surface area contributed by atoms with Crippen LogP contribution in [0.4, 0.5) is 4.79 Å². The first-order valence-electron chi connectivity index (χ1n) is 13.2. The molecule has 2 atom stereocenters. The van der Waals surface area contributed by atoms with Crippen LogP contribution in [0.15, 0.2) is 48.5 Å². The fraction of sp³-hybridized carbons (Fsp3) is 0.552. The van der Waals surface area contributed by atoms with Crippen molar-refractivity contribution in [3.8, 4) is 11.1 Å². The van der Waals surface area contributed by atoms with Crippen LogP contribution < -0.4 is 5.32 Å². The van der Waals surface area contributed by atoms with Gasteiger partial charge < -0.3 is 29.4 Å². The number of aliphatic hydroxyl groups is 1. The van der Waals surface area contributed by atoms with Gasteiger partial charge in [0.15, 0.2) is 0 Å². The van der Waals surface area contributed by atoms with Gasteiger partial charge in [0, 0.05) is 11.3 Å². The molecule has 2 aromatic rings. The molecule has 36 heavy (non-hydrogen) atoms. The highest BCUT2D eigenvalue weighted by Crippen LogP contribution is 2.45. The van der Waals surface area contributed by atoms with Crippen LogP contribution in [0.25, 0.3) is 11.1 Å². The molecule has 2 aliphatic carbocycles. The van der Waals surface area contributed by atoms with Gasteiger partial charge in [0.2, 0.25) is 0 Å². The molecule has 3 heterocycles. The maximum Gasteiger partial charge on any atom is 0.407 e. The minimum absolute atomic E-state index is 0.0399. The molecule has 2 bridgehead atoms. The molecular weight excluding hydrogens is 458 g/mol. The summed E-state index contributed by atoms with van der Waals surface area (Å²) in [4.78, 5) is 13.2. The molecule has 0 radical (unpaired) electrons. The fourth-order valence-electron chi connectivity index (χ4n) is 6.24. The maximum atomic E-state index is 13.2. The third kappa shape index (κ3) is 4.22. The summed E-state index contributed by atoms with van der Waals surface area (Å²) in [5.41, 5.74) is 4.44. The Bertz CT molecular complexity index is 1040. The number of nitrogens with one attached hydrogen (secondary N) is 1. The lowest BCUT2D eigenvalue weighted by molar-refractivity contribution is -0.478. The molecule has 7 heteroatoms. The number of carbonyl (C=O) groups excluding carboxylic acids is 1. The van der Waals surface area contributed by atoms with E-state index in [9.17, 15) is 9.90 Å². The Morgan fingerprint density at radius 3 is 2.11 bits per heavy atom. The number of amides is 1. The average molecular weight is 494 g/mol. The molecule has 7 rings (SSSR count). The van der Waals surface area contributed by atoms with E-state index in [-0.39, 0.29) is 23.9 Å². The van der Waals surface area contributed by atoms with Crippen LogP contribution in [0.5, 0.6) is 0 Å². The predicted molar refractivity (Wildman–Crippen MR) is 133 cm³/mol. The molecule has 2 aromatic carbocycles. The minimum atomic E-state index is -1.50. The highest BCUT2D eigenvalue weighted by molar-refractivity contribution is 5.79. The van der Waals surface area contributed by atoms with Crippen molar-refractivity contribution < 1.29 is 28.8 Å². The lowest BCUT2D eigenvalue weighted by Crippen LogP contribution is -2.71. The van der Waals surface area contributed by atoms with Crippen molar-refractivity contribution in [2.24, 2.45) is 11.3 Å². The molecule has 2 N–H and O–H groups in total. The van der Waals surface area contributed by atoms with Crippen LogP contribution in [-0.4, -0.2) is 55.7 Å². The molecule has 0 unspecified atom stereocenters. The van der Waals surface area contributed by atoms with E-state index in [2.05, 4.69) is 29.6 Å². The average Bonchev–Trinajstić information content (AvgIpc) is 3.25. The summed E-state index contributed by atoms with van der Waals surface area (Å²) in [6.07, 6.45) is 3.62. The monoisotopic (exact) mass is 493 g/mol. The Morgan fingerprint density at radius 1 is 0.972 bits per heavy atom. The third-order valence-corrected chi connectivity index (χ3v) is 8.34. The Labute approximate surface area is 212 Å². The number of aliphatic hydroxyl groups excluding tert-OH is 1. The van der Waals surface area contributed by atoms with E-state index >= 15 is 0 Å². The van der Waals surface area contributed by atoms with Crippen molar-refractivity contribution >= 4 is 6.09 Å². The van der Waals surface area contributed by atoms with Crippen molar-refractivity contribution in [3.63, 3.8) is 0 Å². The zero-order valence-electron chi connectivity index (χ0n) is 20.8. The second-order valence-electron chi connectivity index (χ2n) is 11.1. The Hall–Kier alpha value is -2.45. The van der Waals surface area contributed by atoms with E-state index < -0.39 is 24.2 Å². The molecule has 1 saturated carbocycles. The first kappa shape index (κ1) is 23.9. The summed E-state index contributed by atoms with van der Waals surface area (Å²) in [5, 5.41) is 14.3. The summed E-state index contributed by atoms with van der Waals surface area (Å²) >= 11 is 0. The van der Waals surface area contributed by atoms with Crippen LogP contribution in [-0.2, 0) is 18.9 Å². The lowest BCUT2D eigenvalue weighted by atomic mass is 9.81. The standard InChI is InChI=1S/C29H35NO6/c1-28-16-34-29(35-17-28,36-18-28)26(25(31)19-9-3-2-4-10-19)30-27(32)33-15-24-22-13-7-5-11-20(22)21-12-6-8-14-23(21)24/h5-8,11-14,19,24-26,31H,2-4,9-10,15-18H2,1H3,(H,30,32)/t25-,26+,28?,29?/m1/s1. The number of hydrogen-bond donors (Lipinski definition) is 2. The maximum absolute atomic E-state index is 13.2. The first-order valence-corrected chi connectivity index (χ1v) is 13.2. The summed E-state index contributed by atoms with van der Waals surface area (Å²) in [6.45, 7) is 3.59. The second-order valence-corrected chi connectivity index (χ2v) is 11.1. The summed E-state index contributed by atoms with van der Waals surface area (Å²) in [7, 11) is 0. The van der Waals surface area contributed by atoms with Gasteiger partial charge in [-0.05, 0) is 41.0 Å². The molecule has 1 amide bonds. The van der Waals surface area contributed by atoms with Crippen molar-refractivity contribution in [2.75, 3.05) is 26.4 Å². The Morgan fingerprint density at radius 2 is 1.53 bits per heavy atom. The van der Waals surface area contributed by atoms with Gasteiger partial charge in [0.25, 0.3) is 0 Å².